The molecule has 0 amide bonds. The Morgan fingerprint density at radius 2 is 2.05 bits per heavy atom. The molecule has 0 aliphatic heterocycles. The minimum atomic E-state index is -2.40. The van der Waals surface area contributed by atoms with Gasteiger partial charge >= 0.3 is 22.9 Å². The standard InChI is InChI=1S/C9H11N3O7/c1-9(17,7(14)15)4-11-6(13)5(12(18)19)3-10(2)8(11)16/h3,17H,4H2,1-2H3,(H,14,15). The Bertz CT molecular complexity index is 655. The molecule has 1 heterocycles. The van der Waals surface area contributed by atoms with E-state index in [1.54, 1.807) is 0 Å². The minimum Gasteiger partial charge on any atom is -0.479 e. The van der Waals surface area contributed by atoms with Crippen LogP contribution in [0.15, 0.2) is 15.8 Å². The molecule has 0 aliphatic carbocycles. The summed E-state index contributed by atoms with van der Waals surface area (Å²) in [5.74, 6) is -1.66. The summed E-state index contributed by atoms with van der Waals surface area (Å²) in [6.07, 6.45) is 0.733. The van der Waals surface area contributed by atoms with Gasteiger partial charge in [-0.2, -0.15) is 0 Å². The third-order valence-corrected chi connectivity index (χ3v) is 2.44. The first-order chi connectivity index (χ1) is 8.58. The lowest BCUT2D eigenvalue weighted by atomic mass is 10.1. The van der Waals surface area contributed by atoms with Gasteiger partial charge in [-0.25, -0.2) is 9.59 Å². The number of nitro groups is 1. The van der Waals surface area contributed by atoms with E-state index in [1.807, 2.05) is 0 Å². The third kappa shape index (κ3) is 2.68. The number of aryl methyl sites for hydroxylation is 1. The van der Waals surface area contributed by atoms with Crippen molar-refractivity contribution in [3.05, 3.63) is 37.1 Å². The molecule has 10 nitrogen and oxygen atoms in total. The number of aromatic nitrogens is 2. The zero-order chi connectivity index (χ0) is 15.0. The fourth-order valence-electron chi connectivity index (χ4n) is 1.35. The van der Waals surface area contributed by atoms with Crippen molar-refractivity contribution in [2.24, 2.45) is 7.05 Å². The van der Waals surface area contributed by atoms with Crippen LogP contribution in [0.1, 0.15) is 6.92 Å². The van der Waals surface area contributed by atoms with E-state index in [0.29, 0.717) is 4.57 Å². The predicted octanol–water partition coefficient (Wildman–Crippen LogP) is -1.71. The Kier molecular flexibility index (Phi) is 3.56. The zero-order valence-electron chi connectivity index (χ0n) is 10.1. The molecule has 19 heavy (non-hydrogen) atoms. The predicted molar refractivity (Wildman–Crippen MR) is 60.9 cm³/mol. The Morgan fingerprint density at radius 1 is 1.53 bits per heavy atom. The molecule has 2 N–H and O–H groups in total. The first kappa shape index (κ1) is 14.6. The summed E-state index contributed by atoms with van der Waals surface area (Å²) in [6.45, 7) is -0.0183. The summed E-state index contributed by atoms with van der Waals surface area (Å²) in [4.78, 5) is 43.7. The first-order valence-corrected chi connectivity index (χ1v) is 4.98. The molecule has 0 spiro atoms. The van der Waals surface area contributed by atoms with E-state index >= 15 is 0 Å². The van der Waals surface area contributed by atoms with Crippen LogP contribution in [0.25, 0.3) is 0 Å². The smallest absolute Gasteiger partial charge is 0.350 e. The van der Waals surface area contributed by atoms with Crippen LogP contribution in [0.5, 0.6) is 0 Å². The van der Waals surface area contributed by atoms with Gasteiger partial charge in [0.05, 0.1) is 17.7 Å². The molecule has 0 aromatic carbocycles. The normalized spacial score (nSPS) is 13.8. The molecule has 0 aliphatic rings. The molecule has 0 saturated heterocycles. The SMILES string of the molecule is Cn1cc([N+](=O)[O-])c(=O)n(CC(C)(O)C(=O)O)c1=O. The van der Waals surface area contributed by atoms with Crippen molar-refractivity contribution in [1.29, 1.82) is 0 Å². The van der Waals surface area contributed by atoms with Crippen LogP contribution in [-0.2, 0) is 18.4 Å². The summed E-state index contributed by atoms with van der Waals surface area (Å²) in [5, 5.41) is 28.9. The topological polar surface area (TPSA) is 145 Å². The van der Waals surface area contributed by atoms with E-state index in [0.717, 1.165) is 17.7 Å². The van der Waals surface area contributed by atoms with E-state index < -0.39 is 40.0 Å². The van der Waals surface area contributed by atoms with Gasteiger partial charge in [0.2, 0.25) is 0 Å². The highest BCUT2D eigenvalue weighted by molar-refractivity contribution is 5.76. The Balaban J connectivity index is 3.52. The van der Waals surface area contributed by atoms with Gasteiger partial charge in [0.1, 0.15) is 0 Å². The van der Waals surface area contributed by atoms with Crippen LogP contribution in [0.2, 0.25) is 0 Å². The Labute approximate surface area is 105 Å². The van der Waals surface area contributed by atoms with E-state index in [1.165, 1.54) is 7.05 Å². The highest BCUT2D eigenvalue weighted by Crippen LogP contribution is 2.06. The number of carbonyl (C=O) groups is 1. The molecular formula is C9H11N3O7. The highest BCUT2D eigenvalue weighted by Gasteiger charge is 2.33. The summed E-state index contributed by atoms with van der Waals surface area (Å²) in [5.41, 5.74) is -5.51. The van der Waals surface area contributed by atoms with Crippen LogP contribution in [-0.4, -0.2) is 35.8 Å². The molecule has 1 atom stereocenters. The molecule has 0 bridgehead atoms. The third-order valence-electron chi connectivity index (χ3n) is 2.44. The highest BCUT2D eigenvalue weighted by atomic mass is 16.6. The van der Waals surface area contributed by atoms with Crippen LogP contribution >= 0.6 is 0 Å². The monoisotopic (exact) mass is 273 g/mol. The first-order valence-electron chi connectivity index (χ1n) is 4.98. The largest absolute Gasteiger partial charge is 0.479 e. The number of rotatable bonds is 4. The second-order valence-corrected chi connectivity index (χ2v) is 4.14. The van der Waals surface area contributed by atoms with Crippen molar-refractivity contribution < 1.29 is 19.9 Å². The van der Waals surface area contributed by atoms with Crippen LogP contribution in [0.4, 0.5) is 5.69 Å². The lowest BCUT2D eigenvalue weighted by molar-refractivity contribution is -0.387. The molecular weight excluding hydrogens is 262 g/mol. The number of aliphatic hydroxyl groups is 1. The van der Waals surface area contributed by atoms with Gasteiger partial charge < -0.3 is 10.2 Å². The maximum Gasteiger partial charge on any atom is 0.350 e. The number of nitrogens with zero attached hydrogens (tertiary/aromatic N) is 3. The van der Waals surface area contributed by atoms with E-state index in [4.69, 9.17) is 5.11 Å². The molecule has 104 valence electrons. The van der Waals surface area contributed by atoms with Gasteiger partial charge in [0.15, 0.2) is 5.60 Å². The number of carboxylic acid groups (broad SMARTS) is 1. The summed E-state index contributed by atoms with van der Waals surface area (Å²) >= 11 is 0. The fraction of sp³-hybridized carbons (Fsp3) is 0.444. The molecule has 1 unspecified atom stereocenters. The molecule has 10 heteroatoms. The van der Waals surface area contributed by atoms with Gasteiger partial charge in [0, 0.05) is 7.05 Å². The van der Waals surface area contributed by atoms with Gasteiger partial charge in [0.25, 0.3) is 0 Å². The fourth-order valence-corrected chi connectivity index (χ4v) is 1.35. The molecule has 1 rings (SSSR count). The maximum atomic E-state index is 11.7. The molecule has 1 aromatic rings. The van der Waals surface area contributed by atoms with Crippen molar-refractivity contribution in [2.75, 3.05) is 0 Å². The number of hydrogen-bond donors (Lipinski definition) is 2. The van der Waals surface area contributed by atoms with Gasteiger partial charge in [-0.1, -0.05) is 0 Å². The Morgan fingerprint density at radius 3 is 2.47 bits per heavy atom. The van der Waals surface area contributed by atoms with Gasteiger partial charge in [-0.15, -0.1) is 0 Å². The summed E-state index contributed by atoms with van der Waals surface area (Å²) in [6, 6.07) is 0. The molecule has 0 saturated carbocycles. The lowest BCUT2D eigenvalue weighted by Crippen LogP contribution is -2.48. The second kappa shape index (κ2) is 4.65. The van der Waals surface area contributed by atoms with Crippen molar-refractivity contribution >= 4 is 11.7 Å². The van der Waals surface area contributed by atoms with Crippen LogP contribution in [0, 0.1) is 10.1 Å². The average Bonchev–Trinajstić information content (AvgIpc) is 2.28. The zero-order valence-corrected chi connectivity index (χ0v) is 10.1. The quantitative estimate of drug-likeness (QED) is 0.490. The number of aliphatic carboxylic acids is 1. The van der Waals surface area contributed by atoms with Gasteiger partial charge in [-0.05, 0) is 6.92 Å². The second-order valence-electron chi connectivity index (χ2n) is 4.14. The van der Waals surface area contributed by atoms with Crippen molar-refractivity contribution in [2.45, 2.75) is 19.1 Å². The summed E-state index contributed by atoms with van der Waals surface area (Å²) in [7, 11) is 1.17. The van der Waals surface area contributed by atoms with E-state index in [-0.39, 0.29) is 0 Å². The molecule has 1 aromatic heterocycles. The van der Waals surface area contributed by atoms with Crippen molar-refractivity contribution in [3.8, 4) is 0 Å². The van der Waals surface area contributed by atoms with Crippen molar-refractivity contribution in [3.63, 3.8) is 0 Å². The van der Waals surface area contributed by atoms with Crippen molar-refractivity contribution in [1.82, 2.24) is 9.13 Å². The molecule has 0 radical (unpaired) electrons. The van der Waals surface area contributed by atoms with Crippen LogP contribution < -0.4 is 11.2 Å². The van der Waals surface area contributed by atoms with E-state index in [9.17, 15) is 29.6 Å². The minimum absolute atomic E-state index is 0.312. The van der Waals surface area contributed by atoms with Gasteiger partial charge in [-0.3, -0.25) is 24.0 Å². The molecule has 0 fully saturated rings. The average molecular weight is 273 g/mol. The van der Waals surface area contributed by atoms with E-state index in [2.05, 4.69) is 0 Å². The summed E-state index contributed by atoms with van der Waals surface area (Å²) < 4.78 is 1.07. The number of hydrogen-bond acceptors (Lipinski definition) is 6. The van der Waals surface area contributed by atoms with Crippen LogP contribution in [0.3, 0.4) is 0 Å². The maximum absolute atomic E-state index is 11.7. The Hall–Kier alpha value is -2.49. The number of carboxylic acids is 1. The lowest BCUT2D eigenvalue weighted by Gasteiger charge is -2.18.